The molecule has 0 radical (unpaired) electrons. The Kier molecular flexibility index (Phi) is 5.79. The molecule has 3 heterocycles. The normalized spacial score (nSPS) is 19.0. The molecule has 2 amide bonds. The summed E-state index contributed by atoms with van der Waals surface area (Å²) in [6.07, 6.45) is 2.15. The van der Waals surface area contributed by atoms with Gasteiger partial charge in [0.15, 0.2) is 0 Å². The zero-order chi connectivity index (χ0) is 22.2. The van der Waals surface area contributed by atoms with Gasteiger partial charge < -0.3 is 9.64 Å². The van der Waals surface area contributed by atoms with Crippen molar-refractivity contribution < 1.29 is 14.3 Å². The van der Waals surface area contributed by atoms with Crippen molar-refractivity contribution in [2.45, 2.75) is 58.1 Å². The van der Waals surface area contributed by atoms with Crippen LogP contribution in [0.1, 0.15) is 55.3 Å². The number of rotatable bonds is 5. The van der Waals surface area contributed by atoms with Crippen LogP contribution in [0.5, 0.6) is 0 Å². The first kappa shape index (κ1) is 21.4. The predicted octanol–water partition coefficient (Wildman–Crippen LogP) is 3.01. The van der Waals surface area contributed by atoms with Crippen LogP contribution in [0, 0.1) is 6.92 Å². The minimum absolute atomic E-state index is 0.0153. The van der Waals surface area contributed by atoms with Crippen molar-refractivity contribution in [1.29, 1.82) is 0 Å². The molecule has 0 saturated carbocycles. The summed E-state index contributed by atoms with van der Waals surface area (Å²) in [7, 11) is 1.56. The van der Waals surface area contributed by atoms with Crippen molar-refractivity contribution in [1.82, 2.24) is 14.9 Å². The minimum Gasteiger partial charge on any atom is -0.369 e. The van der Waals surface area contributed by atoms with E-state index in [1.807, 2.05) is 42.2 Å². The Hall–Kier alpha value is -2.80. The fraction of sp³-hybridized carbons (Fsp3) is 0.500. The van der Waals surface area contributed by atoms with Crippen LogP contribution in [0.15, 0.2) is 30.3 Å². The Morgan fingerprint density at radius 3 is 2.68 bits per heavy atom. The molecule has 0 N–H and O–H groups in total. The monoisotopic (exact) mass is 422 g/mol. The van der Waals surface area contributed by atoms with Gasteiger partial charge in [-0.3, -0.25) is 14.5 Å². The molecule has 0 spiro atoms. The molecule has 1 aromatic heterocycles. The van der Waals surface area contributed by atoms with Crippen LogP contribution in [0.2, 0.25) is 0 Å². The summed E-state index contributed by atoms with van der Waals surface area (Å²) in [6.45, 7) is 7.31. The largest absolute Gasteiger partial charge is 0.369 e. The van der Waals surface area contributed by atoms with E-state index in [1.165, 1.54) is 0 Å². The molecule has 0 bridgehead atoms. The van der Waals surface area contributed by atoms with Crippen LogP contribution in [-0.4, -0.2) is 52.5 Å². The minimum atomic E-state index is -0.852. The Morgan fingerprint density at radius 1 is 1.23 bits per heavy atom. The summed E-state index contributed by atoms with van der Waals surface area (Å²) in [5.74, 6) is 1.52. The number of hydrogen-bond donors (Lipinski definition) is 0. The molecule has 1 unspecified atom stereocenters. The lowest BCUT2D eigenvalue weighted by Gasteiger charge is -2.36. The lowest BCUT2D eigenvalue weighted by molar-refractivity contribution is -0.152. The third kappa shape index (κ3) is 4.19. The van der Waals surface area contributed by atoms with Crippen LogP contribution in [0.3, 0.4) is 0 Å². The smallest absolute Gasteiger partial charge is 0.254 e. The number of anilines is 1. The van der Waals surface area contributed by atoms with Crippen LogP contribution >= 0.6 is 0 Å². The van der Waals surface area contributed by atoms with Gasteiger partial charge >= 0.3 is 0 Å². The van der Waals surface area contributed by atoms with Gasteiger partial charge in [-0.05, 0) is 39.2 Å². The number of aryl methyl sites for hydroxylation is 1. The highest BCUT2D eigenvalue weighted by molar-refractivity contribution is 6.00. The summed E-state index contributed by atoms with van der Waals surface area (Å²) in [6, 6.07) is 9.95. The molecule has 1 saturated heterocycles. The molecule has 0 aliphatic carbocycles. The van der Waals surface area contributed by atoms with E-state index in [-0.39, 0.29) is 17.7 Å². The van der Waals surface area contributed by atoms with Gasteiger partial charge in [0.25, 0.3) is 5.91 Å². The SMILES string of the molecule is COC(C)(C)C(=O)N1CCCC(c2nc(C)c3c(n2)N(Cc2ccccc2)C(=O)C3)C1. The van der Waals surface area contributed by atoms with Crippen molar-refractivity contribution in [2.24, 2.45) is 0 Å². The zero-order valence-electron chi connectivity index (χ0n) is 18.7. The molecule has 2 aliphatic rings. The predicted molar refractivity (Wildman–Crippen MR) is 118 cm³/mol. The number of likely N-dealkylation sites (tertiary alicyclic amines) is 1. The Balaban J connectivity index is 1.60. The number of carbonyl (C=O) groups is 2. The Labute approximate surface area is 183 Å². The first-order valence-electron chi connectivity index (χ1n) is 10.9. The number of hydrogen-bond acceptors (Lipinski definition) is 5. The fourth-order valence-corrected chi connectivity index (χ4v) is 4.35. The van der Waals surface area contributed by atoms with Crippen molar-refractivity contribution >= 4 is 17.6 Å². The van der Waals surface area contributed by atoms with Gasteiger partial charge in [0.2, 0.25) is 5.91 Å². The highest BCUT2D eigenvalue weighted by Crippen LogP contribution is 2.34. The molecule has 2 aromatic rings. The fourth-order valence-electron chi connectivity index (χ4n) is 4.35. The second kappa shape index (κ2) is 8.38. The number of benzene rings is 1. The molecule has 2 aliphatic heterocycles. The number of amides is 2. The number of ether oxygens (including phenoxy) is 1. The summed E-state index contributed by atoms with van der Waals surface area (Å²) in [5.41, 5.74) is 1.98. The van der Waals surface area contributed by atoms with Crippen LogP contribution in [0.25, 0.3) is 0 Å². The molecule has 164 valence electrons. The lowest BCUT2D eigenvalue weighted by atomic mass is 9.95. The van der Waals surface area contributed by atoms with Gasteiger partial charge in [-0.25, -0.2) is 9.97 Å². The lowest BCUT2D eigenvalue weighted by Crippen LogP contribution is -2.49. The summed E-state index contributed by atoms with van der Waals surface area (Å²) >= 11 is 0. The number of methoxy groups -OCH3 is 1. The van der Waals surface area contributed by atoms with Crippen LogP contribution < -0.4 is 4.90 Å². The number of fused-ring (bicyclic) bond motifs is 1. The van der Waals surface area contributed by atoms with Crippen molar-refractivity contribution in [3.05, 3.63) is 53.0 Å². The van der Waals surface area contributed by atoms with Crippen LogP contribution in [0.4, 0.5) is 5.82 Å². The molecule has 7 heteroatoms. The van der Waals surface area contributed by atoms with Crippen molar-refractivity contribution in [3.8, 4) is 0 Å². The Morgan fingerprint density at radius 2 is 1.97 bits per heavy atom. The third-order valence-electron chi connectivity index (χ3n) is 6.38. The maximum absolute atomic E-state index is 12.9. The van der Waals surface area contributed by atoms with E-state index in [0.29, 0.717) is 26.1 Å². The maximum atomic E-state index is 12.9. The van der Waals surface area contributed by atoms with Gasteiger partial charge in [-0.2, -0.15) is 0 Å². The Bertz CT molecular complexity index is 990. The number of piperidine rings is 1. The van der Waals surface area contributed by atoms with Gasteiger partial charge in [-0.1, -0.05) is 30.3 Å². The summed E-state index contributed by atoms with van der Waals surface area (Å²) in [5, 5.41) is 0. The first-order valence-corrected chi connectivity index (χ1v) is 10.9. The highest BCUT2D eigenvalue weighted by Gasteiger charge is 2.37. The average molecular weight is 423 g/mol. The molecule has 1 fully saturated rings. The topological polar surface area (TPSA) is 75.6 Å². The van der Waals surface area contributed by atoms with E-state index in [2.05, 4.69) is 0 Å². The van der Waals surface area contributed by atoms with E-state index in [4.69, 9.17) is 14.7 Å². The highest BCUT2D eigenvalue weighted by atomic mass is 16.5. The average Bonchev–Trinajstić information content (AvgIpc) is 3.10. The molecule has 31 heavy (non-hydrogen) atoms. The van der Waals surface area contributed by atoms with E-state index < -0.39 is 5.60 Å². The van der Waals surface area contributed by atoms with E-state index >= 15 is 0 Å². The van der Waals surface area contributed by atoms with Gasteiger partial charge in [0.05, 0.1) is 13.0 Å². The second-order valence-corrected chi connectivity index (χ2v) is 8.92. The quantitative estimate of drug-likeness (QED) is 0.740. The molecule has 1 atom stereocenters. The van der Waals surface area contributed by atoms with E-state index in [1.54, 1.807) is 25.9 Å². The van der Waals surface area contributed by atoms with Crippen molar-refractivity contribution in [2.75, 3.05) is 25.1 Å². The number of carbonyl (C=O) groups excluding carboxylic acids is 2. The number of nitrogens with zero attached hydrogens (tertiary/aromatic N) is 4. The van der Waals surface area contributed by atoms with Gasteiger partial charge in [0.1, 0.15) is 17.2 Å². The van der Waals surface area contributed by atoms with Crippen LogP contribution in [-0.2, 0) is 27.3 Å². The maximum Gasteiger partial charge on any atom is 0.254 e. The molecular formula is C24H30N4O3. The van der Waals surface area contributed by atoms with Crippen molar-refractivity contribution in [3.63, 3.8) is 0 Å². The first-order chi connectivity index (χ1) is 14.8. The summed E-state index contributed by atoms with van der Waals surface area (Å²) < 4.78 is 5.39. The molecule has 7 nitrogen and oxygen atoms in total. The van der Waals surface area contributed by atoms with E-state index in [0.717, 1.165) is 41.3 Å². The standard InChI is InChI=1S/C24H30N4O3/c1-16-19-13-20(29)28(14-17-9-6-5-7-10-17)22(19)26-21(25-16)18-11-8-12-27(15-18)23(30)24(2,3)31-4/h5-7,9-10,18H,8,11-15H2,1-4H3. The second-order valence-electron chi connectivity index (χ2n) is 8.92. The van der Waals surface area contributed by atoms with E-state index in [9.17, 15) is 9.59 Å². The molecular weight excluding hydrogens is 392 g/mol. The van der Waals surface area contributed by atoms with Gasteiger partial charge in [-0.15, -0.1) is 0 Å². The third-order valence-corrected chi connectivity index (χ3v) is 6.38. The number of aromatic nitrogens is 2. The summed E-state index contributed by atoms with van der Waals surface area (Å²) in [4.78, 5) is 38.9. The molecule has 1 aromatic carbocycles. The molecule has 4 rings (SSSR count). The zero-order valence-corrected chi connectivity index (χ0v) is 18.7. The van der Waals surface area contributed by atoms with Gasteiger partial charge in [0, 0.05) is 37.4 Å².